The van der Waals surface area contributed by atoms with Gasteiger partial charge in [0, 0.05) is 12.2 Å². The predicted octanol–water partition coefficient (Wildman–Crippen LogP) is 3.58. The van der Waals surface area contributed by atoms with E-state index in [4.69, 9.17) is 11.6 Å². The summed E-state index contributed by atoms with van der Waals surface area (Å²) in [4.78, 5) is 0. The van der Waals surface area contributed by atoms with Crippen LogP contribution >= 0.6 is 11.6 Å². The molecule has 0 unspecified atom stereocenters. The Bertz CT molecular complexity index is 595. The van der Waals surface area contributed by atoms with Gasteiger partial charge in [0.25, 0.3) is 0 Å². The lowest BCUT2D eigenvalue weighted by Crippen LogP contribution is -2.10. The molecule has 108 valence electrons. The topological polar surface area (TPSA) is 42.7 Å². The number of benzene rings is 1. The Hall–Kier alpha value is -1.76. The van der Waals surface area contributed by atoms with E-state index >= 15 is 0 Å². The number of nitrogens with one attached hydrogen (secondary N) is 1. The minimum atomic E-state index is -4.47. The molecule has 0 amide bonds. The summed E-state index contributed by atoms with van der Waals surface area (Å²) in [7, 11) is 0. The van der Waals surface area contributed by atoms with E-state index < -0.39 is 11.7 Å². The van der Waals surface area contributed by atoms with Crippen LogP contribution in [0.1, 0.15) is 18.2 Å². The second-order valence-corrected chi connectivity index (χ2v) is 4.49. The average molecular weight is 305 g/mol. The highest BCUT2D eigenvalue weighted by atomic mass is 35.5. The summed E-state index contributed by atoms with van der Waals surface area (Å²) >= 11 is 5.56. The lowest BCUT2D eigenvalue weighted by atomic mass is 10.2. The maximum Gasteiger partial charge on any atom is 0.417 e. The Labute approximate surface area is 118 Å². The van der Waals surface area contributed by atoms with Crippen LogP contribution in [0.5, 0.6) is 0 Å². The van der Waals surface area contributed by atoms with Crippen LogP contribution in [-0.2, 0) is 19.3 Å². The molecule has 0 radical (unpaired) electrons. The molecule has 20 heavy (non-hydrogen) atoms. The van der Waals surface area contributed by atoms with Gasteiger partial charge in [0.1, 0.15) is 0 Å². The lowest BCUT2D eigenvalue weighted by Gasteiger charge is -2.12. The molecule has 8 heteroatoms. The fourth-order valence-electron chi connectivity index (χ4n) is 1.73. The van der Waals surface area contributed by atoms with Gasteiger partial charge in [-0.15, -0.1) is 5.10 Å². The van der Waals surface area contributed by atoms with Gasteiger partial charge < -0.3 is 5.32 Å². The largest absolute Gasteiger partial charge is 0.417 e. The summed E-state index contributed by atoms with van der Waals surface area (Å²) in [5, 5.41) is 10.2. The van der Waals surface area contributed by atoms with Crippen molar-refractivity contribution in [2.75, 3.05) is 5.32 Å². The summed E-state index contributed by atoms with van der Waals surface area (Å²) in [5.41, 5.74) is 0.271. The quantitative estimate of drug-likeness (QED) is 0.939. The number of aryl methyl sites for hydroxylation is 1. The second kappa shape index (κ2) is 5.70. The molecular formula is C12H12ClF3N4. The molecule has 2 aromatic rings. The minimum absolute atomic E-state index is 0.316. The SMILES string of the molecule is CCn1nncc1CNc1ccc(Cl)c(C(F)(F)F)c1. The normalized spacial score (nSPS) is 11.7. The molecular weight excluding hydrogens is 293 g/mol. The van der Waals surface area contributed by atoms with Crippen LogP contribution in [0.3, 0.4) is 0 Å². The third-order valence-electron chi connectivity index (χ3n) is 2.74. The highest BCUT2D eigenvalue weighted by Gasteiger charge is 2.33. The molecule has 0 atom stereocenters. The van der Waals surface area contributed by atoms with Gasteiger partial charge in [-0.25, -0.2) is 4.68 Å². The van der Waals surface area contributed by atoms with Crippen molar-refractivity contribution in [3.8, 4) is 0 Å². The van der Waals surface area contributed by atoms with Crippen molar-refractivity contribution in [1.82, 2.24) is 15.0 Å². The Kier molecular flexibility index (Phi) is 4.17. The average Bonchev–Trinajstić information content (AvgIpc) is 2.84. The maximum atomic E-state index is 12.7. The molecule has 1 aromatic carbocycles. The molecule has 0 bridgehead atoms. The molecule has 1 heterocycles. The van der Waals surface area contributed by atoms with Gasteiger partial charge in [-0.3, -0.25) is 0 Å². The Morgan fingerprint density at radius 2 is 2.10 bits per heavy atom. The first kappa shape index (κ1) is 14.6. The monoisotopic (exact) mass is 304 g/mol. The highest BCUT2D eigenvalue weighted by molar-refractivity contribution is 6.31. The zero-order valence-corrected chi connectivity index (χ0v) is 11.3. The third kappa shape index (κ3) is 3.22. The number of rotatable bonds is 4. The van der Waals surface area contributed by atoms with E-state index in [1.807, 2.05) is 6.92 Å². The molecule has 0 spiro atoms. The van der Waals surface area contributed by atoms with Crippen LogP contribution < -0.4 is 5.32 Å². The van der Waals surface area contributed by atoms with Gasteiger partial charge in [0.15, 0.2) is 0 Å². The van der Waals surface area contributed by atoms with E-state index in [2.05, 4.69) is 15.6 Å². The molecule has 0 saturated heterocycles. The van der Waals surface area contributed by atoms with E-state index in [1.54, 1.807) is 10.9 Å². The molecule has 0 aliphatic carbocycles. The fourth-order valence-corrected chi connectivity index (χ4v) is 1.95. The molecule has 0 aliphatic heterocycles. The fraction of sp³-hybridized carbons (Fsp3) is 0.333. The lowest BCUT2D eigenvalue weighted by molar-refractivity contribution is -0.137. The van der Waals surface area contributed by atoms with Crippen LogP contribution in [0.25, 0.3) is 0 Å². The summed E-state index contributed by atoms with van der Waals surface area (Å²) in [5.74, 6) is 0. The first-order valence-corrected chi connectivity index (χ1v) is 6.27. The van der Waals surface area contributed by atoms with Crippen LogP contribution in [-0.4, -0.2) is 15.0 Å². The van der Waals surface area contributed by atoms with Gasteiger partial charge in [-0.1, -0.05) is 16.8 Å². The molecule has 0 fully saturated rings. The molecule has 1 N–H and O–H groups in total. The Balaban J connectivity index is 2.15. The first-order chi connectivity index (χ1) is 9.41. The van der Waals surface area contributed by atoms with Crippen molar-refractivity contribution >= 4 is 17.3 Å². The second-order valence-electron chi connectivity index (χ2n) is 4.09. The molecule has 1 aromatic heterocycles. The zero-order valence-electron chi connectivity index (χ0n) is 10.6. The minimum Gasteiger partial charge on any atom is -0.379 e. The van der Waals surface area contributed by atoms with Crippen LogP contribution in [0, 0.1) is 0 Å². The van der Waals surface area contributed by atoms with Gasteiger partial charge in [-0.05, 0) is 25.1 Å². The summed E-state index contributed by atoms with van der Waals surface area (Å²) in [6, 6.07) is 3.71. The van der Waals surface area contributed by atoms with E-state index in [1.165, 1.54) is 12.1 Å². The molecule has 0 saturated carbocycles. The number of halogens is 4. The van der Waals surface area contributed by atoms with E-state index in [-0.39, 0.29) is 5.02 Å². The number of alkyl halides is 3. The van der Waals surface area contributed by atoms with Crippen molar-refractivity contribution in [3.05, 3.63) is 40.7 Å². The van der Waals surface area contributed by atoms with Gasteiger partial charge >= 0.3 is 6.18 Å². The number of nitrogens with zero attached hydrogens (tertiary/aromatic N) is 3. The molecule has 0 aliphatic rings. The highest BCUT2D eigenvalue weighted by Crippen LogP contribution is 2.36. The third-order valence-corrected chi connectivity index (χ3v) is 3.07. The van der Waals surface area contributed by atoms with Gasteiger partial charge in [0.2, 0.25) is 0 Å². The van der Waals surface area contributed by atoms with E-state index in [0.29, 0.717) is 18.8 Å². The zero-order chi connectivity index (χ0) is 14.8. The summed E-state index contributed by atoms with van der Waals surface area (Å²) in [6.45, 7) is 2.88. The Morgan fingerprint density at radius 3 is 2.75 bits per heavy atom. The smallest absolute Gasteiger partial charge is 0.379 e. The van der Waals surface area contributed by atoms with E-state index in [9.17, 15) is 13.2 Å². The summed E-state index contributed by atoms with van der Waals surface area (Å²) < 4.78 is 39.8. The van der Waals surface area contributed by atoms with Gasteiger partial charge in [0.05, 0.1) is 29.0 Å². The first-order valence-electron chi connectivity index (χ1n) is 5.89. The van der Waals surface area contributed by atoms with Gasteiger partial charge in [-0.2, -0.15) is 13.2 Å². The number of aromatic nitrogens is 3. The standard InChI is InChI=1S/C12H12ClF3N4/c1-2-20-9(7-18-19-20)6-17-8-3-4-11(13)10(5-8)12(14,15)16/h3-5,7,17H,2,6H2,1H3. The van der Waals surface area contributed by atoms with Crippen LogP contribution in [0.4, 0.5) is 18.9 Å². The number of hydrogen-bond acceptors (Lipinski definition) is 3. The maximum absolute atomic E-state index is 12.7. The van der Waals surface area contributed by atoms with Crippen molar-refractivity contribution < 1.29 is 13.2 Å². The van der Waals surface area contributed by atoms with Crippen LogP contribution in [0.2, 0.25) is 5.02 Å². The van der Waals surface area contributed by atoms with E-state index in [0.717, 1.165) is 11.8 Å². The number of anilines is 1. The summed E-state index contributed by atoms with van der Waals surface area (Å²) in [6.07, 6.45) is -2.90. The van der Waals surface area contributed by atoms with Crippen molar-refractivity contribution in [2.24, 2.45) is 0 Å². The predicted molar refractivity (Wildman–Crippen MR) is 69.5 cm³/mol. The number of hydrogen-bond donors (Lipinski definition) is 1. The molecule has 2 rings (SSSR count). The van der Waals surface area contributed by atoms with Crippen molar-refractivity contribution in [2.45, 2.75) is 26.2 Å². The van der Waals surface area contributed by atoms with Crippen molar-refractivity contribution in [3.63, 3.8) is 0 Å². The molecule has 4 nitrogen and oxygen atoms in total. The van der Waals surface area contributed by atoms with Crippen molar-refractivity contribution in [1.29, 1.82) is 0 Å². The van der Waals surface area contributed by atoms with Crippen LogP contribution in [0.15, 0.2) is 24.4 Å². The Morgan fingerprint density at radius 1 is 1.35 bits per heavy atom.